The van der Waals surface area contributed by atoms with Gasteiger partial charge in [0, 0.05) is 16.4 Å². The van der Waals surface area contributed by atoms with E-state index >= 15 is 0 Å². The van der Waals surface area contributed by atoms with Crippen molar-refractivity contribution in [2.24, 2.45) is 0 Å². The van der Waals surface area contributed by atoms with Crippen LogP contribution in [0.1, 0.15) is 11.4 Å². The molecule has 1 heterocycles. The van der Waals surface area contributed by atoms with E-state index in [1.165, 1.54) is 31.0 Å². The number of aryl methyl sites for hydroxylation is 1. The lowest BCUT2D eigenvalue weighted by Crippen LogP contribution is -2.15. The highest BCUT2D eigenvalue weighted by atomic mass is 35.5. The first-order valence-corrected chi connectivity index (χ1v) is 12.1. The summed E-state index contributed by atoms with van der Waals surface area (Å²) in [6, 6.07) is 19.1. The Morgan fingerprint density at radius 3 is 2.54 bits per heavy atom. The van der Waals surface area contributed by atoms with Gasteiger partial charge in [0.05, 0.1) is 25.1 Å². The number of thioether (sulfide) groups is 1. The zero-order chi connectivity index (χ0) is 24.8. The highest BCUT2D eigenvalue weighted by molar-refractivity contribution is 7.99. The van der Waals surface area contributed by atoms with E-state index in [9.17, 15) is 9.18 Å². The number of nitrogens with one attached hydrogen (secondary N) is 2. The van der Waals surface area contributed by atoms with Gasteiger partial charge in [-0.3, -0.25) is 9.36 Å². The first-order valence-electron chi connectivity index (χ1n) is 10.7. The molecular formula is C25H23ClFN5O2S. The van der Waals surface area contributed by atoms with Gasteiger partial charge in [0.2, 0.25) is 5.91 Å². The Labute approximate surface area is 211 Å². The van der Waals surface area contributed by atoms with E-state index < -0.39 is 0 Å². The van der Waals surface area contributed by atoms with Crippen LogP contribution in [0.25, 0.3) is 5.69 Å². The maximum Gasteiger partial charge on any atom is 0.234 e. The molecule has 0 bridgehead atoms. The third kappa shape index (κ3) is 6.32. The van der Waals surface area contributed by atoms with E-state index in [4.69, 9.17) is 16.3 Å². The van der Waals surface area contributed by atoms with Gasteiger partial charge >= 0.3 is 0 Å². The zero-order valence-electron chi connectivity index (χ0n) is 19.1. The van der Waals surface area contributed by atoms with Crippen molar-refractivity contribution in [3.63, 3.8) is 0 Å². The van der Waals surface area contributed by atoms with E-state index in [-0.39, 0.29) is 17.5 Å². The minimum absolute atomic E-state index is 0.102. The molecule has 7 nitrogen and oxygen atoms in total. The summed E-state index contributed by atoms with van der Waals surface area (Å²) in [7, 11) is 1.53. The standard InChI is InChI=1S/C25H23ClFN5O2S/c1-16-3-10-20(11-4-16)32-23(14-28-19-8-6-18(27)7-9-19)30-31-25(32)35-15-24(33)29-21-13-17(26)5-12-22(21)34-2/h3-13,28H,14-15H2,1-2H3,(H,29,33). The summed E-state index contributed by atoms with van der Waals surface area (Å²) in [5.74, 6) is 0.735. The van der Waals surface area contributed by atoms with Gasteiger partial charge in [-0.05, 0) is 61.5 Å². The van der Waals surface area contributed by atoms with Crippen molar-refractivity contribution in [3.05, 3.63) is 89.0 Å². The number of aromatic nitrogens is 3. The fraction of sp³-hybridized carbons (Fsp3) is 0.160. The van der Waals surface area contributed by atoms with E-state index in [2.05, 4.69) is 20.8 Å². The molecule has 1 aromatic heterocycles. The molecule has 0 aliphatic carbocycles. The van der Waals surface area contributed by atoms with E-state index in [0.29, 0.717) is 34.0 Å². The molecule has 0 spiro atoms. The predicted octanol–water partition coefficient (Wildman–Crippen LogP) is 5.72. The van der Waals surface area contributed by atoms with Crippen LogP contribution < -0.4 is 15.4 Å². The van der Waals surface area contributed by atoms with Crippen LogP contribution >= 0.6 is 23.4 Å². The van der Waals surface area contributed by atoms with Crippen LogP contribution in [0.3, 0.4) is 0 Å². The summed E-state index contributed by atoms with van der Waals surface area (Å²) >= 11 is 7.32. The Bertz CT molecular complexity index is 1310. The Morgan fingerprint density at radius 2 is 1.83 bits per heavy atom. The van der Waals surface area contributed by atoms with Gasteiger partial charge in [-0.2, -0.15) is 0 Å². The van der Waals surface area contributed by atoms with Gasteiger partial charge in [0.25, 0.3) is 0 Å². The summed E-state index contributed by atoms with van der Waals surface area (Å²) in [5, 5.41) is 15.8. The Morgan fingerprint density at radius 1 is 1.09 bits per heavy atom. The number of anilines is 2. The summed E-state index contributed by atoms with van der Waals surface area (Å²) in [5.41, 5.74) is 3.25. The molecule has 0 unspecified atom stereocenters. The first-order chi connectivity index (χ1) is 16.9. The zero-order valence-corrected chi connectivity index (χ0v) is 20.7. The van der Waals surface area contributed by atoms with Crippen LogP contribution in [-0.4, -0.2) is 33.5 Å². The molecule has 2 N–H and O–H groups in total. The van der Waals surface area contributed by atoms with Crippen LogP contribution in [0.15, 0.2) is 71.9 Å². The number of hydrogen-bond donors (Lipinski definition) is 2. The quantitative estimate of drug-likeness (QED) is 0.280. The molecule has 180 valence electrons. The number of hydrogen-bond acceptors (Lipinski definition) is 6. The third-order valence-corrected chi connectivity index (χ3v) is 6.22. The second kappa shape index (κ2) is 11.2. The molecule has 0 atom stereocenters. The molecular weight excluding hydrogens is 489 g/mol. The highest BCUT2D eigenvalue weighted by Crippen LogP contribution is 2.28. The van der Waals surface area contributed by atoms with Gasteiger partial charge in [-0.15, -0.1) is 10.2 Å². The SMILES string of the molecule is COc1ccc(Cl)cc1NC(=O)CSc1nnc(CNc2ccc(F)cc2)n1-c1ccc(C)cc1. The van der Waals surface area contributed by atoms with Crippen molar-refractivity contribution in [1.82, 2.24) is 14.8 Å². The average molecular weight is 512 g/mol. The van der Waals surface area contributed by atoms with E-state index in [1.807, 2.05) is 35.8 Å². The van der Waals surface area contributed by atoms with Crippen molar-refractivity contribution < 1.29 is 13.9 Å². The monoisotopic (exact) mass is 511 g/mol. The number of amides is 1. The molecule has 3 aromatic carbocycles. The maximum absolute atomic E-state index is 13.2. The number of carbonyl (C=O) groups is 1. The van der Waals surface area contributed by atoms with E-state index in [0.717, 1.165) is 16.9 Å². The van der Waals surface area contributed by atoms with Crippen molar-refractivity contribution >= 4 is 40.6 Å². The highest BCUT2D eigenvalue weighted by Gasteiger charge is 2.17. The van der Waals surface area contributed by atoms with Gasteiger partial charge in [0.1, 0.15) is 11.6 Å². The third-order valence-electron chi connectivity index (χ3n) is 5.06. The molecule has 1 amide bonds. The fourth-order valence-electron chi connectivity index (χ4n) is 3.30. The molecule has 0 radical (unpaired) electrons. The fourth-order valence-corrected chi connectivity index (χ4v) is 4.25. The van der Waals surface area contributed by atoms with Gasteiger partial charge in [0.15, 0.2) is 11.0 Å². The van der Waals surface area contributed by atoms with Gasteiger partial charge in [-0.1, -0.05) is 41.1 Å². The lowest BCUT2D eigenvalue weighted by molar-refractivity contribution is -0.113. The molecule has 0 saturated carbocycles. The number of methoxy groups -OCH3 is 1. The molecule has 0 fully saturated rings. The molecule has 0 aliphatic rings. The summed E-state index contributed by atoms with van der Waals surface area (Å²) in [6.07, 6.45) is 0. The second-order valence-corrected chi connectivity index (χ2v) is 8.99. The number of rotatable bonds is 9. The number of carbonyl (C=O) groups excluding carboxylic acids is 1. The topological polar surface area (TPSA) is 81.1 Å². The average Bonchev–Trinajstić information content (AvgIpc) is 3.26. The maximum atomic E-state index is 13.2. The van der Waals surface area contributed by atoms with E-state index in [1.54, 1.807) is 30.3 Å². The molecule has 10 heteroatoms. The molecule has 0 aliphatic heterocycles. The Hall–Kier alpha value is -3.56. The summed E-state index contributed by atoms with van der Waals surface area (Å²) in [4.78, 5) is 12.7. The lowest BCUT2D eigenvalue weighted by Gasteiger charge is -2.12. The first kappa shape index (κ1) is 24.6. The van der Waals surface area contributed by atoms with Crippen molar-refractivity contribution in [1.29, 1.82) is 0 Å². The number of ether oxygens (including phenoxy) is 1. The van der Waals surface area contributed by atoms with Crippen LogP contribution in [0, 0.1) is 12.7 Å². The molecule has 4 aromatic rings. The van der Waals surface area contributed by atoms with Crippen LogP contribution in [0.5, 0.6) is 5.75 Å². The van der Waals surface area contributed by atoms with Gasteiger partial charge < -0.3 is 15.4 Å². The number of benzene rings is 3. The van der Waals surface area contributed by atoms with Crippen LogP contribution in [-0.2, 0) is 11.3 Å². The Balaban J connectivity index is 1.51. The van der Waals surface area contributed by atoms with Crippen molar-refractivity contribution in [3.8, 4) is 11.4 Å². The van der Waals surface area contributed by atoms with Crippen LogP contribution in [0.2, 0.25) is 5.02 Å². The summed E-state index contributed by atoms with van der Waals surface area (Å²) < 4.78 is 20.4. The van der Waals surface area contributed by atoms with Crippen LogP contribution in [0.4, 0.5) is 15.8 Å². The van der Waals surface area contributed by atoms with Crippen molar-refractivity contribution in [2.45, 2.75) is 18.6 Å². The normalized spacial score (nSPS) is 10.7. The minimum atomic E-state index is -0.300. The van der Waals surface area contributed by atoms with Gasteiger partial charge in [-0.25, -0.2) is 4.39 Å². The molecule has 35 heavy (non-hydrogen) atoms. The second-order valence-electron chi connectivity index (χ2n) is 7.61. The predicted molar refractivity (Wildman–Crippen MR) is 137 cm³/mol. The largest absolute Gasteiger partial charge is 0.495 e. The minimum Gasteiger partial charge on any atom is -0.495 e. The number of halogens is 2. The summed E-state index contributed by atoms with van der Waals surface area (Å²) in [6.45, 7) is 2.37. The molecule has 0 saturated heterocycles. The Kier molecular flexibility index (Phi) is 7.89. The smallest absolute Gasteiger partial charge is 0.234 e. The number of nitrogens with zero attached hydrogens (tertiary/aromatic N) is 3. The van der Waals surface area contributed by atoms with Crippen molar-refractivity contribution in [2.75, 3.05) is 23.5 Å². The lowest BCUT2D eigenvalue weighted by atomic mass is 10.2. The molecule has 4 rings (SSSR count).